The highest BCUT2D eigenvalue weighted by atomic mass is 35.5. The normalized spacial score (nSPS) is 11.8. The topological polar surface area (TPSA) is 77.9 Å². The summed E-state index contributed by atoms with van der Waals surface area (Å²) in [6.07, 6.45) is 3.81. The third kappa shape index (κ3) is 4.50. The van der Waals surface area contributed by atoms with Gasteiger partial charge in [0.05, 0.1) is 11.6 Å². The second-order valence-corrected chi connectivity index (χ2v) is 6.79. The maximum Gasteiger partial charge on any atom is 0.250 e. The van der Waals surface area contributed by atoms with Crippen molar-refractivity contribution in [3.8, 4) is 17.4 Å². The van der Waals surface area contributed by atoms with E-state index in [0.29, 0.717) is 41.9 Å². The van der Waals surface area contributed by atoms with E-state index in [1.807, 2.05) is 12.1 Å². The molecule has 1 aromatic heterocycles. The van der Waals surface area contributed by atoms with Gasteiger partial charge in [-0.15, -0.1) is 0 Å². The lowest BCUT2D eigenvalue weighted by molar-refractivity contribution is 0.172. The standard InChI is InChI=1S/C21H18ClFN4O3/c1-28-7-2-8-29-15-5-3-13-11-24-19-20(25-12-26-21(19)30-18(13)10-15)27-14-4-6-17(23)16(22)9-14/h3-6,9-12H,2,7-8H2,1H3,(H,25,26,27). The molecule has 154 valence electrons. The number of halogens is 2. The van der Waals surface area contributed by atoms with E-state index >= 15 is 0 Å². The van der Waals surface area contributed by atoms with Gasteiger partial charge < -0.3 is 19.5 Å². The SMILES string of the molecule is COCCCOc1ccc2c(c1)Oc1ncnc(Nc3ccc(F)c(Cl)c3)c1N=C2. The molecule has 0 radical (unpaired) electrons. The van der Waals surface area contributed by atoms with E-state index in [1.54, 1.807) is 25.5 Å². The fourth-order valence-electron chi connectivity index (χ4n) is 2.79. The summed E-state index contributed by atoms with van der Waals surface area (Å²) in [5, 5.41) is 3.08. The number of hydrogen-bond donors (Lipinski definition) is 1. The molecule has 4 rings (SSSR count). The van der Waals surface area contributed by atoms with Gasteiger partial charge in [-0.25, -0.2) is 14.4 Å². The Bertz CT molecular complexity index is 1090. The minimum atomic E-state index is -0.499. The molecular weight excluding hydrogens is 411 g/mol. The summed E-state index contributed by atoms with van der Waals surface area (Å²) in [5.41, 5.74) is 1.75. The van der Waals surface area contributed by atoms with Crippen LogP contribution in [0.4, 0.5) is 21.6 Å². The number of nitrogens with zero attached hydrogens (tertiary/aromatic N) is 3. The maximum absolute atomic E-state index is 13.4. The van der Waals surface area contributed by atoms with Crippen LogP contribution in [0.15, 0.2) is 47.7 Å². The fraction of sp³-hybridized carbons (Fsp3) is 0.190. The van der Waals surface area contributed by atoms with Crippen molar-refractivity contribution in [2.45, 2.75) is 6.42 Å². The Hall–Kier alpha value is -3.23. The van der Waals surface area contributed by atoms with Crippen molar-refractivity contribution >= 4 is 35.0 Å². The molecule has 2 aromatic carbocycles. The van der Waals surface area contributed by atoms with E-state index in [2.05, 4.69) is 20.3 Å². The van der Waals surface area contributed by atoms with E-state index in [-0.39, 0.29) is 10.9 Å². The molecule has 0 spiro atoms. The number of nitrogens with one attached hydrogen (secondary N) is 1. The summed E-state index contributed by atoms with van der Waals surface area (Å²) in [7, 11) is 1.66. The number of anilines is 2. The maximum atomic E-state index is 13.4. The molecule has 0 unspecified atom stereocenters. The predicted molar refractivity (Wildman–Crippen MR) is 112 cm³/mol. The zero-order chi connectivity index (χ0) is 20.9. The van der Waals surface area contributed by atoms with Gasteiger partial charge in [0.2, 0.25) is 0 Å². The number of rotatable bonds is 7. The number of ether oxygens (including phenoxy) is 3. The van der Waals surface area contributed by atoms with Crippen LogP contribution in [-0.4, -0.2) is 36.5 Å². The van der Waals surface area contributed by atoms with E-state index in [1.165, 1.54) is 18.5 Å². The Morgan fingerprint density at radius 2 is 2.03 bits per heavy atom. The Balaban J connectivity index is 1.57. The summed E-state index contributed by atoms with van der Waals surface area (Å²) < 4.78 is 30.2. The van der Waals surface area contributed by atoms with E-state index in [4.69, 9.17) is 25.8 Å². The van der Waals surface area contributed by atoms with Crippen LogP contribution >= 0.6 is 11.6 Å². The third-order valence-corrected chi connectivity index (χ3v) is 4.55. The van der Waals surface area contributed by atoms with Crippen molar-refractivity contribution in [2.24, 2.45) is 4.99 Å². The molecule has 1 N–H and O–H groups in total. The first kappa shape index (κ1) is 20.1. The molecule has 0 fully saturated rings. The number of aliphatic imine (C=N–C) groups is 1. The Labute approximate surface area is 177 Å². The summed E-state index contributed by atoms with van der Waals surface area (Å²) in [6, 6.07) is 9.79. The molecule has 9 heteroatoms. The van der Waals surface area contributed by atoms with Crippen LogP contribution in [0.25, 0.3) is 0 Å². The third-order valence-electron chi connectivity index (χ3n) is 4.26. The lowest BCUT2D eigenvalue weighted by Crippen LogP contribution is -2.02. The average molecular weight is 429 g/mol. The van der Waals surface area contributed by atoms with Gasteiger partial charge in [-0.3, -0.25) is 0 Å². The fourth-order valence-corrected chi connectivity index (χ4v) is 2.97. The van der Waals surface area contributed by atoms with Crippen LogP contribution in [0.1, 0.15) is 12.0 Å². The number of methoxy groups -OCH3 is 1. The molecule has 0 saturated carbocycles. The Morgan fingerprint density at radius 1 is 1.13 bits per heavy atom. The molecular formula is C21H18ClFN4O3. The smallest absolute Gasteiger partial charge is 0.250 e. The first-order valence-corrected chi connectivity index (χ1v) is 9.56. The molecule has 2 heterocycles. The van der Waals surface area contributed by atoms with Gasteiger partial charge in [0.25, 0.3) is 5.88 Å². The average Bonchev–Trinajstić information content (AvgIpc) is 2.93. The summed E-state index contributed by atoms with van der Waals surface area (Å²) in [5.74, 6) is 1.43. The quantitative estimate of drug-likeness (QED) is 0.403. The molecule has 0 atom stereocenters. The molecule has 30 heavy (non-hydrogen) atoms. The molecule has 0 saturated heterocycles. The van der Waals surface area contributed by atoms with Crippen LogP contribution in [0.5, 0.6) is 17.4 Å². The van der Waals surface area contributed by atoms with Gasteiger partial charge in [-0.1, -0.05) is 11.6 Å². The van der Waals surface area contributed by atoms with E-state index < -0.39 is 5.82 Å². The van der Waals surface area contributed by atoms with E-state index in [9.17, 15) is 4.39 Å². The lowest BCUT2D eigenvalue weighted by atomic mass is 10.2. The van der Waals surface area contributed by atoms with Crippen molar-refractivity contribution in [3.63, 3.8) is 0 Å². The van der Waals surface area contributed by atoms with Gasteiger partial charge in [-0.05, 0) is 30.3 Å². The minimum absolute atomic E-state index is 0.00494. The highest BCUT2D eigenvalue weighted by Gasteiger charge is 2.18. The zero-order valence-electron chi connectivity index (χ0n) is 16.1. The number of fused-ring (bicyclic) bond motifs is 2. The van der Waals surface area contributed by atoms with Gasteiger partial charge in [0, 0.05) is 43.7 Å². The highest BCUT2D eigenvalue weighted by molar-refractivity contribution is 6.31. The largest absolute Gasteiger partial charge is 0.493 e. The second-order valence-electron chi connectivity index (χ2n) is 6.38. The number of aromatic nitrogens is 2. The van der Waals surface area contributed by atoms with Crippen molar-refractivity contribution in [1.82, 2.24) is 9.97 Å². The van der Waals surface area contributed by atoms with Crippen molar-refractivity contribution < 1.29 is 18.6 Å². The summed E-state index contributed by atoms with van der Waals surface area (Å²) in [4.78, 5) is 12.9. The van der Waals surface area contributed by atoms with Crippen LogP contribution in [0, 0.1) is 5.82 Å². The predicted octanol–water partition coefficient (Wildman–Crippen LogP) is 5.28. The second kappa shape index (κ2) is 9.06. The van der Waals surface area contributed by atoms with E-state index in [0.717, 1.165) is 12.0 Å². The van der Waals surface area contributed by atoms with Crippen LogP contribution in [0.3, 0.4) is 0 Å². The minimum Gasteiger partial charge on any atom is -0.493 e. The van der Waals surface area contributed by atoms with Gasteiger partial charge in [0.1, 0.15) is 23.6 Å². The first-order valence-electron chi connectivity index (χ1n) is 9.19. The Kier molecular flexibility index (Phi) is 6.06. The lowest BCUT2D eigenvalue weighted by Gasteiger charge is -2.12. The molecule has 0 aliphatic carbocycles. The van der Waals surface area contributed by atoms with Gasteiger partial charge in [-0.2, -0.15) is 4.98 Å². The molecule has 0 bridgehead atoms. The number of benzene rings is 2. The monoisotopic (exact) mass is 428 g/mol. The first-order chi connectivity index (χ1) is 14.6. The Morgan fingerprint density at radius 3 is 2.87 bits per heavy atom. The molecule has 0 amide bonds. The van der Waals surface area contributed by atoms with Gasteiger partial charge in [0.15, 0.2) is 11.5 Å². The molecule has 3 aromatic rings. The van der Waals surface area contributed by atoms with Crippen molar-refractivity contribution in [3.05, 3.63) is 59.1 Å². The molecule has 7 nitrogen and oxygen atoms in total. The molecule has 1 aliphatic rings. The van der Waals surface area contributed by atoms with Gasteiger partial charge >= 0.3 is 0 Å². The van der Waals surface area contributed by atoms with Crippen LogP contribution in [-0.2, 0) is 4.74 Å². The summed E-state index contributed by atoms with van der Waals surface area (Å²) in [6.45, 7) is 1.17. The van der Waals surface area contributed by atoms with Crippen LogP contribution in [0.2, 0.25) is 5.02 Å². The molecule has 1 aliphatic heterocycles. The highest BCUT2D eigenvalue weighted by Crippen LogP contribution is 2.40. The van der Waals surface area contributed by atoms with Crippen molar-refractivity contribution in [2.75, 3.05) is 25.6 Å². The summed E-state index contributed by atoms with van der Waals surface area (Å²) >= 11 is 5.86. The van der Waals surface area contributed by atoms with Crippen molar-refractivity contribution in [1.29, 1.82) is 0 Å². The zero-order valence-corrected chi connectivity index (χ0v) is 16.8. The number of hydrogen-bond acceptors (Lipinski definition) is 7. The van der Waals surface area contributed by atoms with Crippen LogP contribution < -0.4 is 14.8 Å².